The molecular formula is C38H44N2O2. The Bertz CT molecular complexity index is 1410. The first-order valence-corrected chi connectivity index (χ1v) is 15.0. The van der Waals surface area contributed by atoms with Crippen molar-refractivity contribution in [2.45, 2.75) is 60.3 Å². The molecule has 0 bridgehead atoms. The van der Waals surface area contributed by atoms with Gasteiger partial charge >= 0.3 is 0 Å². The van der Waals surface area contributed by atoms with Crippen molar-refractivity contribution in [3.05, 3.63) is 112 Å². The Labute approximate surface area is 253 Å². The van der Waals surface area contributed by atoms with E-state index in [0.717, 1.165) is 83.6 Å². The van der Waals surface area contributed by atoms with E-state index >= 15 is 0 Å². The summed E-state index contributed by atoms with van der Waals surface area (Å²) < 4.78 is 5.51. The lowest BCUT2D eigenvalue weighted by atomic mass is 9.87. The zero-order chi connectivity index (χ0) is 30.6. The zero-order valence-corrected chi connectivity index (χ0v) is 26.0. The minimum atomic E-state index is 0.0837. The number of ether oxygens (including phenoxy) is 1. The van der Waals surface area contributed by atoms with Crippen LogP contribution >= 0.6 is 0 Å². The monoisotopic (exact) mass is 560 g/mol. The molecule has 0 spiro atoms. The van der Waals surface area contributed by atoms with E-state index < -0.39 is 0 Å². The maximum absolute atomic E-state index is 12.2. The Balaban J connectivity index is 0.00000237. The summed E-state index contributed by atoms with van der Waals surface area (Å²) in [6.45, 7) is 21.5. The Kier molecular flexibility index (Phi) is 12.2. The van der Waals surface area contributed by atoms with Gasteiger partial charge in [0.1, 0.15) is 0 Å². The van der Waals surface area contributed by atoms with Gasteiger partial charge in [0.15, 0.2) is 0 Å². The molecule has 4 heteroatoms. The first kappa shape index (κ1) is 32.4. The Morgan fingerprint density at radius 1 is 1.19 bits per heavy atom. The number of hydrogen-bond donors (Lipinski definition) is 0. The summed E-state index contributed by atoms with van der Waals surface area (Å²) in [5.74, 6) is 0.614. The number of rotatable bonds is 8. The third-order valence-corrected chi connectivity index (χ3v) is 7.85. The van der Waals surface area contributed by atoms with E-state index in [0.29, 0.717) is 24.4 Å². The molecule has 0 radical (unpaired) electrons. The van der Waals surface area contributed by atoms with Gasteiger partial charge in [-0.1, -0.05) is 62.9 Å². The van der Waals surface area contributed by atoms with Crippen molar-refractivity contribution in [1.82, 2.24) is 4.90 Å². The van der Waals surface area contributed by atoms with Crippen LogP contribution in [0.2, 0.25) is 0 Å². The van der Waals surface area contributed by atoms with Crippen molar-refractivity contribution in [2.75, 3.05) is 26.3 Å². The van der Waals surface area contributed by atoms with E-state index in [-0.39, 0.29) is 5.91 Å². The fraction of sp³-hybridized carbons (Fsp3) is 0.368. The van der Waals surface area contributed by atoms with Crippen molar-refractivity contribution in [2.24, 2.45) is 5.92 Å². The highest BCUT2D eigenvalue weighted by molar-refractivity contribution is 5.76. The van der Waals surface area contributed by atoms with Crippen LogP contribution in [0.4, 0.5) is 0 Å². The highest BCUT2D eigenvalue weighted by Gasteiger charge is 2.23. The van der Waals surface area contributed by atoms with Crippen molar-refractivity contribution in [1.29, 1.82) is 5.26 Å². The van der Waals surface area contributed by atoms with Crippen LogP contribution in [0.5, 0.6) is 0 Å². The summed E-state index contributed by atoms with van der Waals surface area (Å²) >= 11 is 0. The van der Waals surface area contributed by atoms with E-state index in [1.807, 2.05) is 49.9 Å². The van der Waals surface area contributed by atoms with Crippen LogP contribution in [0.15, 0.2) is 83.5 Å². The van der Waals surface area contributed by atoms with Crippen molar-refractivity contribution >= 4 is 12.0 Å². The maximum atomic E-state index is 12.2. The fourth-order valence-corrected chi connectivity index (χ4v) is 5.38. The van der Waals surface area contributed by atoms with Gasteiger partial charge in [0, 0.05) is 38.8 Å². The molecule has 0 unspecified atom stereocenters. The van der Waals surface area contributed by atoms with E-state index in [1.165, 1.54) is 5.57 Å². The first-order valence-electron chi connectivity index (χ1n) is 15.0. The molecule has 0 aliphatic carbocycles. The van der Waals surface area contributed by atoms with Crippen LogP contribution < -0.4 is 0 Å². The van der Waals surface area contributed by atoms with Gasteiger partial charge in [-0.05, 0) is 115 Å². The largest absolute Gasteiger partial charge is 0.381 e. The number of amides is 1. The second-order valence-electron chi connectivity index (χ2n) is 10.8. The maximum Gasteiger partial charge on any atom is 0.219 e. The van der Waals surface area contributed by atoms with Crippen molar-refractivity contribution < 1.29 is 9.53 Å². The number of hydrogen-bond acceptors (Lipinski definition) is 3. The molecule has 0 aromatic heterocycles. The Morgan fingerprint density at radius 2 is 1.93 bits per heavy atom. The molecule has 2 aromatic rings. The average Bonchev–Trinajstić information content (AvgIpc) is 3.02. The summed E-state index contributed by atoms with van der Waals surface area (Å²) in [7, 11) is 0. The number of carbonyl (C=O) groups excluding carboxylic acids is 1. The molecule has 2 aromatic carbocycles. The van der Waals surface area contributed by atoms with Crippen molar-refractivity contribution in [3.8, 4) is 17.2 Å². The molecule has 42 heavy (non-hydrogen) atoms. The van der Waals surface area contributed by atoms with Crippen LogP contribution in [-0.4, -0.2) is 37.1 Å². The van der Waals surface area contributed by atoms with E-state index in [2.05, 4.69) is 62.6 Å². The fourth-order valence-electron chi connectivity index (χ4n) is 5.38. The Morgan fingerprint density at radius 3 is 2.57 bits per heavy atom. The third kappa shape index (κ3) is 8.45. The minimum absolute atomic E-state index is 0.0837. The SMILES string of the molecule is C=C(C/C(C)=C\c1cc(-c2cc#ccc2)c(C#N)cc1C)C(=C)C1=C(/C=C/C2CCOCC2)CCN(C(C)=O)C1.CC. The van der Waals surface area contributed by atoms with Gasteiger partial charge in [-0.25, -0.2) is 0 Å². The lowest BCUT2D eigenvalue weighted by Crippen LogP contribution is -2.35. The highest BCUT2D eigenvalue weighted by atomic mass is 16.5. The van der Waals surface area contributed by atoms with Crippen molar-refractivity contribution in [3.63, 3.8) is 0 Å². The second kappa shape index (κ2) is 15.8. The number of aryl methyl sites for hydroxylation is 1. The van der Waals surface area contributed by atoms with Gasteiger partial charge in [0.05, 0.1) is 11.6 Å². The van der Waals surface area contributed by atoms with E-state index in [9.17, 15) is 10.1 Å². The number of nitriles is 1. The van der Waals surface area contributed by atoms with Crippen LogP contribution in [0.1, 0.15) is 70.1 Å². The molecule has 1 fully saturated rings. The predicted molar refractivity (Wildman–Crippen MR) is 173 cm³/mol. The van der Waals surface area contributed by atoms with E-state index in [1.54, 1.807) is 6.92 Å². The van der Waals surface area contributed by atoms with Gasteiger partial charge in [-0.15, -0.1) is 0 Å². The summed E-state index contributed by atoms with van der Waals surface area (Å²) in [5.41, 5.74) is 9.96. The molecule has 1 saturated heterocycles. The Hall–Kier alpha value is -4.12. The predicted octanol–water partition coefficient (Wildman–Crippen LogP) is 8.60. The molecule has 4 nitrogen and oxygen atoms in total. The molecule has 0 saturated carbocycles. The standard InChI is InChI=1S/C36H38N2O2.C2H6/c1-25(20-33-22-35(31-9-7-6-8-10-31)34(23-37)21-27(33)3)19-26(2)28(4)36-24-38(29(5)39)16-13-32(36)12-11-30-14-17-40-18-15-30;1-2/h7,9-12,20-22,30H,2,4,13-19,24H2,1,3,5H3;1-2H3/b12-11+,25-20-;. The molecule has 2 aliphatic rings. The van der Waals surface area contributed by atoms with Gasteiger partial charge in [-0.2, -0.15) is 5.26 Å². The summed E-state index contributed by atoms with van der Waals surface area (Å²) in [6, 6.07) is 17.9. The van der Waals surface area contributed by atoms with Crippen LogP contribution in [0.3, 0.4) is 0 Å². The lowest BCUT2D eigenvalue weighted by molar-refractivity contribution is -0.128. The summed E-state index contributed by atoms with van der Waals surface area (Å²) in [6.07, 6.45) is 10.3. The van der Waals surface area contributed by atoms with Gasteiger partial charge in [-0.3, -0.25) is 4.79 Å². The van der Waals surface area contributed by atoms with Crippen LogP contribution in [0, 0.1) is 36.3 Å². The number of benzene rings is 1. The molecule has 1 amide bonds. The number of allylic oxidation sites excluding steroid dienone is 4. The third-order valence-electron chi connectivity index (χ3n) is 7.85. The zero-order valence-electron chi connectivity index (χ0n) is 26.0. The summed E-state index contributed by atoms with van der Waals surface area (Å²) in [5, 5.41) is 9.72. The quantitative estimate of drug-likeness (QED) is 0.304. The highest BCUT2D eigenvalue weighted by Crippen LogP contribution is 2.32. The number of carbonyl (C=O) groups is 1. The smallest absolute Gasteiger partial charge is 0.219 e. The molecule has 4 rings (SSSR count). The van der Waals surface area contributed by atoms with Gasteiger partial charge in [0.2, 0.25) is 5.91 Å². The normalized spacial score (nSPS) is 15.9. The molecule has 2 aliphatic heterocycles. The molecule has 0 N–H and O–H groups in total. The van der Waals surface area contributed by atoms with Crippen LogP contribution in [-0.2, 0) is 9.53 Å². The first-order chi connectivity index (χ1) is 20.3. The average molecular weight is 561 g/mol. The lowest BCUT2D eigenvalue weighted by Gasteiger charge is -2.31. The summed E-state index contributed by atoms with van der Waals surface area (Å²) in [4.78, 5) is 14.1. The number of nitrogens with zero attached hydrogens (tertiary/aromatic N) is 2. The topological polar surface area (TPSA) is 53.3 Å². The molecule has 0 atom stereocenters. The molecule has 2 heterocycles. The molecular weight excluding hydrogens is 516 g/mol. The van der Waals surface area contributed by atoms with Gasteiger partial charge < -0.3 is 9.64 Å². The second-order valence-corrected chi connectivity index (χ2v) is 10.8. The van der Waals surface area contributed by atoms with E-state index in [4.69, 9.17) is 4.74 Å². The van der Waals surface area contributed by atoms with Crippen LogP contribution in [0.25, 0.3) is 17.2 Å². The molecule has 218 valence electrons. The van der Waals surface area contributed by atoms with Gasteiger partial charge in [0.25, 0.3) is 0 Å². The minimum Gasteiger partial charge on any atom is -0.381 e.